The average Bonchev–Trinajstić information content (AvgIpc) is 3.59. The van der Waals surface area contributed by atoms with Crippen molar-refractivity contribution in [2.45, 2.75) is 51.1 Å². The van der Waals surface area contributed by atoms with E-state index in [0.29, 0.717) is 5.75 Å². The fourth-order valence-corrected chi connectivity index (χ4v) is 5.55. The zero-order valence-corrected chi connectivity index (χ0v) is 24.6. The molecule has 1 atom stereocenters. The molecular weight excluding hydrogens is 552 g/mol. The highest BCUT2D eigenvalue weighted by Crippen LogP contribution is 2.36. The number of amides is 2. The molecule has 0 fully saturated rings. The van der Waals surface area contributed by atoms with Crippen molar-refractivity contribution < 1.29 is 22.7 Å². The summed E-state index contributed by atoms with van der Waals surface area (Å²) in [5.74, 6) is -1.03. The fourth-order valence-electron chi connectivity index (χ4n) is 4.30. The topological polar surface area (TPSA) is 147 Å². The molecule has 2 amide bonds. The van der Waals surface area contributed by atoms with Crippen molar-refractivity contribution in [1.29, 1.82) is 5.26 Å². The summed E-state index contributed by atoms with van der Waals surface area (Å²) in [7, 11) is -2.51. The van der Waals surface area contributed by atoms with Gasteiger partial charge in [-0.2, -0.15) is 10.4 Å². The van der Waals surface area contributed by atoms with Crippen LogP contribution in [0.2, 0.25) is 0 Å². The predicted octanol–water partition coefficient (Wildman–Crippen LogP) is 3.67. The number of rotatable bonds is 11. The summed E-state index contributed by atoms with van der Waals surface area (Å²) in [6.07, 6.45) is 8.43. The van der Waals surface area contributed by atoms with E-state index in [1.807, 2.05) is 26.8 Å². The lowest BCUT2D eigenvalue weighted by Crippen LogP contribution is -2.64. The average molecular weight is 585 g/mol. The number of nitriles is 1. The SMILES string of the molecule is COc1cc(C(=O)N(c2nccs2)C(CC/C=C\C#N)(Cn2cccn2)C(=O)NS(C)(=O)=O)ccc1C(C)(C)C. The Labute approximate surface area is 238 Å². The van der Waals surface area contributed by atoms with Crippen molar-refractivity contribution in [3.63, 3.8) is 0 Å². The van der Waals surface area contributed by atoms with Gasteiger partial charge in [-0.05, 0) is 42.0 Å². The third kappa shape index (κ3) is 7.13. The Morgan fingerprint density at radius 3 is 2.58 bits per heavy atom. The van der Waals surface area contributed by atoms with E-state index >= 15 is 0 Å². The maximum Gasteiger partial charge on any atom is 0.261 e. The van der Waals surface area contributed by atoms with E-state index < -0.39 is 27.4 Å². The number of hydrogen-bond acceptors (Lipinski definition) is 9. The van der Waals surface area contributed by atoms with Crippen LogP contribution in [0.5, 0.6) is 5.75 Å². The number of benzene rings is 1. The second-order valence-corrected chi connectivity index (χ2v) is 12.8. The van der Waals surface area contributed by atoms with Gasteiger partial charge < -0.3 is 4.74 Å². The maximum atomic E-state index is 14.4. The molecule has 0 saturated carbocycles. The zero-order chi connectivity index (χ0) is 29.6. The highest BCUT2D eigenvalue weighted by Gasteiger charge is 2.50. The summed E-state index contributed by atoms with van der Waals surface area (Å²) in [6.45, 7) is 5.87. The summed E-state index contributed by atoms with van der Waals surface area (Å²) >= 11 is 1.12. The van der Waals surface area contributed by atoms with Crippen molar-refractivity contribution in [2.75, 3.05) is 18.3 Å². The van der Waals surface area contributed by atoms with Gasteiger partial charge >= 0.3 is 0 Å². The number of nitrogens with zero attached hydrogens (tertiary/aromatic N) is 5. The van der Waals surface area contributed by atoms with Crippen LogP contribution in [0.3, 0.4) is 0 Å². The number of allylic oxidation sites excluding steroid dienone is 2. The van der Waals surface area contributed by atoms with Crippen LogP contribution in [0.4, 0.5) is 5.13 Å². The van der Waals surface area contributed by atoms with E-state index in [1.54, 1.807) is 41.9 Å². The second-order valence-electron chi connectivity index (χ2n) is 10.1. The Morgan fingerprint density at radius 2 is 2.02 bits per heavy atom. The molecule has 3 aromatic rings. The molecule has 0 aliphatic heterocycles. The molecule has 1 unspecified atom stereocenters. The molecule has 0 saturated heterocycles. The highest BCUT2D eigenvalue weighted by atomic mass is 32.2. The lowest BCUT2D eigenvalue weighted by atomic mass is 9.85. The number of ether oxygens (including phenoxy) is 1. The minimum absolute atomic E-state index is 0.0467. The third-order valence-corrected chi connectivity index (χ3v) is 7.41. The van der Waals surface area contributed by atoms with E-state index in [9.17, 15) is 18.0 Å². The zero-order valence-electron chi connectivity index (χ0n) is 23.0. The lowest BCUT2D eigenvalue weighted by molar-refractivity contribution is -0.125. The summed E-state index contributed by atoms with van der Waals surface area (Å²) in [5, 5.41) is 15.1. The summed E-state index contributed by atoms with van der Waals surface area (Å²) in [5.41, 5.74) is -0.996. The van der Waals surface area contributed by atoms with Gasteiger partial charge in [0.2, 0.25) is 10.0 Å². The Hall–Kier alpha value is -4.02. The van der Waals surface area contributed by atoms with Gasteiger partial charge in [0, 0.05) is 35.6 Å². The number of carbonyl (C=O) groups is 2. The molecule has 40 heavy (non-hydrogen) atoms. The van der Waals surface area contributed by atoms with Crippen molar-refractivity contribution >= 4 is 38.3 Å². The van der Waals surface area contributed by atoms with Crippen molar-refractivity contribution in [3.05, 3.63) is 71.5 Å². The van der Waals surface area contributed by atoms with E-state index in [1.165, 1.54) is 35.2 Å². The molecule has 13 heteroatoms. The van der Waals surface area contributed by atoms with Gasteiger partial charge in [-0.15, -0.1) is 11.3 Å². The third-order valence-electron chi connectivity index (χ3n) is 6.10. The van der Waals surface area contributed by atoms with Gasteiger partial charge in [-0.3, -0.25) is 23.9 Å². The molecule has 0 aliphatic rings. The lowest BCUT2D eigenvalue weighted by Gasteiger charge is -2.41. The molecular formula is C27H32N6O5S2. The highest BCUT2D eigenvalue weighted by molar-refractivity contribution is 7.89. The molecule has 1 N–H and O–H groups in total. The van der Waals surface area contributed by atoms with Crippen LogP contribution in [-0.2, 0) is 26.8 Å². The molecule has 2 aromatic heterocycles. The van der Waals surface area contributed by atoms with Crippen LogP contribution in [0.15, 0.2) is 60.4 Å². The van der Waals surface area contributed by atoms with Crippen molar-refractivity contribution in [1.82, 2.24) is 19.5 Å². The smallest absolute Gasteiger partial charge is 0.261 e. The van der Waals surface area contributed by atoms with Crippen LogP contribution in [0, 0.1) is 11.3 Å². The van der Waals surface area contributed by atoms with E-state index in [-0.39, 0.29) is 35.5 Å². The molecule has 0 aliphatic carbocycles. The number of anilines is 1. The van der Waals surface area contributed by atoms with Crippen molar-refractivity contribution in [3.8, 4) is 11.8 Å². The molecule has 2 heterocycles. The van der Waals surface area contributed by atoms with E-state index in [4.69, 9.17) is 10.00 Å². The predicted molar refractivity (Wildman–Crippen MR) is 153 cm³/mol. The first kappa shape index (κ1) is 30.5. The minimum Gasteiger partial charge on any atom is -0.496 e. The van der Waals surface area contributed by atoms with Crippen LogP contribution in [0.25, 0.3) is 0 Å². The minimum atomic E-state index is -4.02. The summed E-state index contributed by atoms with van der Waals surface area (Å²) in [4.78, 5) is 34.0. The molecule has 1 aromatic carbocycles. The number of nitrogens with one attached hydrogen (secondary N) is 1. The number of methoxy groups -OCH3 is 1. The summed E-state index contributed by atoms with van der Waals surface area (Å²) < 4.78 is 33.7. The van der Waals surface area contributed by atoms with Crippen molar-refractivity contribution in [2.24, 2.45) is 0 Å². The summed E-state index contributed by atoms with van der Waals surface area (Å²) in [6, 6.07) is 8.61. The maximum absolute atomic E-state index is 14.4. The van der Waals surface area contributed by atoms with Gasteiger partial charge in [0.15, 0.2) is 5.13 Å². The molecule has 0 bridgehead atoms. The quantitative estimate of drug-likeness (QED) is 0.336. The second kappa shape index (κ2) is 12.4. The van der Waals surface area contributed by atoms with Gasteiger partial charge in [-0.1, -0.05) is 32.9 Å². The normalized spacial score (nSPS) is 13.4. The first-order valence-electron chi connectivity index (χ1n) is 12.3. The fraction of sp³-hybridized carbons (Fsp3) is 0.370. The monoisotopic (exact) mass is 584 g/mol. The first-order valence-corrected chi connectivity index (χ1v) is 15.1. The van der Waals surface area contributed by atoms with Crippen LogP contribution >= 0.6 is 11.3 Å². The van der Waals surface area contributed by atoms with Crippen LogP contribution in [0.1, 0.15) is 49.5 Å². The molecule has 11 nitrogen and oxygen atoms in total. The number of carbonyl (C=O) groups excluding carboxylic acids is 2. The first-order chi connectivity index (χ1) is 18.8. The number of thiazole rings is 1. The molecule has 3 rings (SSSR count). The standard InChI is InChI=1S/C27H32N6O5S2/c1-26(2,3)21-11-10-20(18-22(21)38-4)23(34)33(25-29-15-17-39-25)27(12-7-6-8-13-28,19-32-16-9-14-30-32)24(35)31-40(5,36)37/h6,8-11,14-18H,7,12,19H2,1-5H3,(H,31,35)/b8-6-. The Morgan fingerprint density at radius 1 is 1.27 bits per heavy atom. The van der Waals surface area contributed by atoms with Gasteiger partial charge in [0.1, 0.15) is 11.3 Å². The van der Waals surface area contributed by atoms with Gasteiger partial charge in [0.05, 0.1) is 26.0 Å². The van der Waals surface area contributed by atoms with E-state index in [0.717, 1.165) is 23.2 Å². The number of hydrogen-bond donors (Lipinski definition) is 1. The largest absolute Gasteiger partial charge is 0.496 e. The Balaban J connectivity index is 2.29. The number of aromatic nitrogens is 3. The molecule has 0 spiro atoms. The van der Waals surface area contributed by atoms with E-state index in [2.05, 4.69) is 14.8 Å². The molecule has 0 radical (unpaired) electrons. The Kier molecular flexibility index (Phi) is 9.49. The van der Waals surface area contributed by atoms with Crippen LogP contribution < -0.4 is 14.4 Å². The van der Waals surface area contributed by atoms with Crippen LogP contribution in [-0.4, -0.2) is 53.9 Å². The number of sulfonamides is 1. The van der Waals surface area contributed by atoms with Gasteiger partial charge in [-0.25, -0.2) is 13.4 Å². The van der Waals surface area contributed by atoms with Gasteiger partial charge in [0.25, 0.3) is 11.8 Å². The Bertz CT molecular complexity index is 1500. The molecule has 212 valence electrons.